The van der Waals surface area contributed by atoms with Gasteiger partial charge in [0.2, 0.25) is 5.76 Å². The normalized spacial score (nSPS) is 11.4. The standard InChI is InChI=1S/C16H22N2O3/c1-18(2)10-6-5-9-17-11-13-12-7-3-4-8-14(12)21-15(13)16(19)20/h3-4,7-8,17H,5-6,9-11H2,1-2H3,(H,19,20). The van der Waals surface area contributed by atoms with Gasteiger partial charge in [-0.2, -0.15) is 0 Å². The van der Waals surface area contributed by atoms with E-state index < -0.39 is 5.97 Å². The molecule has 2 N–H and O–H groups in total. The Balaban J connectivity index is 1.97. The molecule has 114 valence electrons. The third-order valence-corrected chi connectivity index (χ3v) is 3.40. The van der Waals surface area contributed by atoms with Crippen molar-refractivity contribution in [3.63, 3.8) is 0 Å². The molecule has 0 radical (unpaired) electrons. The third kappa shape index (κ3) is 4.06. The molecular formula is C16H22N2O3. The highest BCUT2D eigenvalue weighted by Crippen LogP contribution is 2.25. The summed E-state index contributed by atoms with van der Waals surface area (Å²) in [5.74, 6) is -0.979. The van der Waals surface area contributed by atoms with Crippen LogP contribution in [-0.2, 0) is 6.54 Å². The van der Waals surface area contributed by atoms with Gasteiger partial charge in [-0.15, -0.1) is 0 Å². The second-order valence-corrected chi connectivity index (χ2v) is 5.40. The molecular weight excluding hydrogens is 268 g/mol. The lowest BCUT2D eigenvalue weighted by Crippen LogP contribution is -2.18. The Hall–Kier alpha value is -1.85. The Morgan fingerprint density at radius 3 is 2.76 bits per heavy atom. The van der Waals surface area contributed by atoms with Crippen molar-refractivity contribution in [3.05, 3.63) is 35.6 Å². The van der Waals surface area contributed by atoms with Gasteiger partial charge < -0.3 is 19.7 Å². The molecule has 0 fully saturated rings. The van der Waals surface area contributed by atoms with Crippen molar-refractivity contribution < 1.29 is 14.3 Å². The zero-order chi connectivity index (χ0) is 15.2. The lowest BCUT2D eigenvalue weighted by atomic mass is 10.1. The number of rotatable bonds is 8. The largest absolute Gasteiger partial charge is 0.475 e. The van der Waals surface area contributed by atoms with E-state index in [1.807, 2.05) is 18.2 Å². The predicted molar refractivity (Wildman–Crippen MR) is 82.7 cm³/mol. The number of hydrogen-bond donors (Lipinski definition) is 2. The summed E-state index contributed by atoms with van der Waals surface area (Å²) in [6.45, 7) is 2.45. The Morgan fingerprint density at radius 2 is 2.05 bits per heavy atom. The summed E-state index contributed by atoms with van der Waals surface area (Å²) in [6.07, 6.45) is 2.19. The maximum atomic E-state index is 11.3. The van der Waals surface area contributed by atoms with Gasteiger partial charge in [0, 0.05) is 17.5 Å². The van der Waals surface area contributed by atoms with Crippen molar-refractivity contribution in [3.8, 4) is 0 Å². The summed E-state index contributed by atoms with van der Waals surface area (Å²) in [5.41, 5.74) is 1.35. The van der Waals surface area contributed by atoms with Gasteiger partial charge in [-0.3, -0.25) is 0 Å². The van der Waals surface area contributed by atoms with E-state index in [4.69, 9.17) is 4.42 Å². The molecule has 0 spiro atoms. The highest BCUT2D eigenvalue weighted by atomic mass is 16.4. The van der Waals surface area contributed by atoms with Crippen molar-refractivity contribution in [2.45, 2.75) is 19.4 Å². The van der Waals surface area contributed by atoms with Crippen molar-refractivity contribution in [2.75, 3.05) is 27.2 Å². The number of nitrogens with zero attached hydrogens (tertiary/aromatic N) is 1. The number of para-hydroxylation sites is 1. The van der Waals surface area contributed by atoms with Crippen LogP contribution in [0.15, 0.2) is 28.7 Å². The van der Waals surface area contributed by atoms with Crippen LogP contribution in [0.5, 0.6) is 0 Å². The van der Waals surface area contributed by atoms with Crippen LogP contribution in [0.1, 0.15) is 29.0 Å². The van der Waals surface area contributed by atoms with Crippen molar-refractivity contribution in [1.29, 1.82) is 0 Å². The summed E-state index contributed by atoms with van der Waals surface area (Å²) >= 11 is 0. The van der Waals surface area contributed by atoms with Gasteiger partial charge in [-0.1, -0.05) is 18.2 Å². The molecule has 2 aromatic rings. The summed E-state index contributed by atoms with van der Waals surface area (Å²) in [5, 5.41) is 13.4. The van der Waals surface area contributed by atoms with Crippen LogP contribution in [0.25, 0.3) is 11.0 Å². The number of fused-ring (bicyclic) bond motifs is 1. The quantitative estimate of drug-likeness (QED) is 0.731. The first-order valence-electron chi connectivity index (χ1n) is 7.18. The van der Waals surface area contributed by atoms with E-state index >= 15 is 0 Å². The average Bonchev–Trinajstić information content (AvgIpc) is 2.81. The fraction of sp³-hybridized carbons (Fsp3) is 0.438. The minimum atomic E-state index is -1.02. The number of benzene rings is 1. The molecule has 5 nitrogen and oxygen atoms in total. The Bertz CT molecular complexity index is 605. The number of carboxylic acids is 1. The summed E-state index contributed by atoms with van der Waals surface area (Å²) < 4.78 is 5.42. The van der Waals surface area contributed by atoms with E-state index in [-0.39, 0.29) is 5.76 Å². The Labute approximate surface area is 124 Å². The average molecular weight is 290 g/mol. The van der Waals surface area contributed by atoms with Gasteiger partial charge in [0.1, 0.15) is 5.58 Å². The molecule has 2 rings (SSSR count). The van der Waals surface area contributed by atoms with Crippen LogP contribution in [0, 0.1) is 0 Å². The maximum Gasteiger partial charge on any atom is 0.372 e. The smallest absolute Gasteiger partial charge is 0.372 e. The Kier molecular flexibility index (Phi) is 5.36. The van der Waals surface area contributed by atoms with Crippen LogP contribution in [0.2, 0.25) is 0 Å². The zero-order valence-electron chi connectivity index (χ0n) is 12.6. The second kappa shape index (κ2) is 7.24. The van der Waals surface area contributed by atoms with Gasteiger partial charge in [0.15, 0.2) is 0 Å². The number of unbranched alkanes of at least 4 members (excludes halogenated alkanes) is 1. The van der Waals surface area contributed by atoms with Gasteiger partial charge in [-0.05, 0) is 46.1 Å². The minimum absolute atomic E-state index is 0.0389. The van der Waals surface area contributed by atoms with Crippen molar-refractivity contribution >= 4 is 16.9 Å². The number of furan rings is 1. The van der Waals surface area contributed by atoms with Gasteiger partial charge >= 0.3 is 5.97 Å². The Morgan fingerprint density at radius 1 is 1.29 bits per heavy atom. The first kappa shape index (κ1) is 15.5. The highest BCUT2D eigenvalue weighted by Gasteiger charge is 2.18. The van der Waals surface area contributed by atoms with E-state index in [0.717, 1.165) is 36.9 Å². The second-order valence-electron chi connectivity index (χ2n) is 5.40. The van der Waals surface area contributed by atoms with Crippen LogP contribution in [0.3, 0.4) is 0 Å². The first-order chi connectivity index (χ1) is 10.1. The SMILES string of the molecule is CN(C)CCCCNCc1c(C(=O)O)oc2ccccc12. The molecule has 1 aromatic carbocycles. The molecule has 0 atom stereocenters. The summed E-state index contributed by atoms with van der Waals surface area (Å²) in [6, 6.07) is 7.43. The number of aromatic carboxylic acids is 1. The van der Waals surface area contributed by atoms with E-state index in [1.165, 1.54) is 0 Å². The van der Waals surface area contributed by atoms with E-state index in [2.05, 4.69) is 24.3 Å². The van der Waals surface area contributed by atoms with Crippen molar-refractivity contribution in [1.82, 2.24) is 10.2 Å². The molecule has 1 aromatic heterocycles. The number of nitrogens with one attached hydrogen (secondary N) is 1. The summed E-state index contributed by atoms with van der Waals surface area (Å²) in [4.78, 5) is 13.4. The molecule has 0 unspecified atom stereocenters. The van der Waals surface area contributed by atoms with Gasteiger partial charge in [0.25, 0.3) is 0 Å². The van der Waals surface area contributed by atoms with E-state index in [0.29, 0.717) is 12.1 Å². The number of carboxylic acid groups (broad SMARTS) is 1. The maximum absolute atomic E-state index is 11.3. The third-order valence-electron chi connectivity index (χ3n) is 3.40. The fourth-order valence-electron chi connectivity index (χ4n) is 2.34. The topological polar surface area (TPSA) is 65.7 Å². The molecule has 21 heavy (non-hydrogen) atoms. The van der Waals surface area contributed by atoms with E-state index in [9.17, 15) is 9.90 Å². The monoisotopic (exact) mass is 290 g/mol. The molecule has 0 saturated heterocycles. The van der Waals surface area contributed by atoms with Crippen molar-refractivity contribution in [2.24, 2.45) is 0 Å². The predicted octanol–water partition coefficient (Wildman–Crippen LogP) is 2.56. The van der Waals surface area contributed by atoms with E-state index in [1.54, 1.807) is 6.07 Å². The first-order valence-corrected chi connectivity index (χ1v) is 7.18. The molecule has 1 heterocycles. The molecule has 0 amide bonds. The molecule has 0 saturated carbocycles. The minimum Gasteiger partial charge on any atom is -0.475 e. The zero-order valence-corrected chi connectivity index (χ0v) is 12.6. The summed E-state index contributed by atoms with van der Waals surface area (Å²) in [7, 11) is 4.12. The number of carbonyl (C=O) groups is 1. The highest BCUT2D eigenvalue weighted by molar-refractivity contribution is 5.95. The lowest BCUT2D eigenvalue weighted by Gasteiger charge is -2.09. The molecule has 0 aliphatic carbocycles. The van der Waals surface area contributed by atoms with Gasteiger partial charge in [-0.25, -0.2) is 4.79 Å². The van der Waals surface area contributed by atoms with Crippen LogP contribution in [0.4, 0.5) is 0 Å². The lowest BCUT2D eigenvalue weighted by molar-refractivity contribution is 0.0663. The number of hydrogen-bond acceptors (Lipinski definition) is 4. The van der Waals surface area contributed by atoms with Crippen LogP contribution < -0.4 is 5.32 Å². The van der Waals surface area contributed by atoms with Crippen LogP contribution >= 0.6 is 0 Å². The molecule has 0 bridgehead atoms. The molecule has 0 aliphatic rings. The van der Waals surface area contributed by atoms with Gasteiger partial charge in [0.05, 0.1) is 0 Å². The van der Waals surface area contributed by atoms with Crippen LogP contribution in [-0.4, -0.2) is 43.2 Å². The molecule has 0 aliphatic heterocycles. The fourth-order valence-corrected chi connectivity index (χ4v) is 2.34. The molecule has 5 heteroatoms.